The van der Waals surface area contributed by atoms with Gasteiger partial charge in [0, 0.05) is 11.6 Å². The van der Waals surface area contributed by atoms with Gasteiger partial charge in [-0.2, -0.15) is 5.10 Å². The zero-order chi connectivity index (χ0) is 23.8. The Labute approximate surface area is 195 Å². The van der Waals surface area contributed by atoms with Gasteiger partial charge in [-0.25, -0.2) is 10.2 Å². The Hall–Kier alpha value is -4.72. The molecule has 0 fully saturated rings. The number of hydrogen-bond donors (Lipinski definition) is 2. The summed E-state index contributed by atoms with van der Waals surface area (Å²) in [7, 11) is 0. The summed E-state index contributed by atoms with van der Waals surface area (Å²) in [4.78, 5) is 27.4. The molecule has 0 atom stereocenters. The second-order valence-corrected chi connectivity index (χ2v) is 7.28. The highest BCUT2D eigenvalue weighted by molar-refractivity contribution is 5.88. The number of nitrogens with zero attached hydrogens (tertiary/aromatic N) is 2. The lowest BCUT2D eigenvalue weighted by Crippen LogP contribution is -2.24. The molecular weight excluding hydrogens is 434 g/mol. The Morgan fingerprint density at radius 3 is 2.59 bits per heavy atom. The molecule has 0 aliphatic rings. The molecule has 0 aliphatic heterocycles. The molecule has 3 aromatic carbocycles. The maximum Gasteiger partial charge on any atom is 0.335 e. The molecule has 0 spiro atoms. The number of hydrogen-bond acceptors (Lipinski definition) is 6. The Balaban J connectivity index is 1.25. The minimum Gasteiger partial charge on any atom is -0.489 e. The van der Waals surface area contributed by atoms with Crippen LogP contribution >= 0.6 is 0 Å². The lowest BCUT2D eigenvalue weighted by atomic mass is 10.1. The summed E-state index contributed by atoms with van der Waals surface area (Å²) >= 11 is 0. The van der Waals surface area contributed by atoms with Crippen LogP contribution in [0.4, 0.5) is 0 Å². The third-order valence-corrected chi connectivity index (χ3v) is 4.82. The van der Waals surface area contributed by atoms with Crippen molar-refractivity contribution in [3.8, 4) is 11.5 Å². The average molecular weight is 455 g/mol. The third-order valence-electron chi connectivity index (χ3n) is 4.82. The van der Waals surface area contributed by atoms with Gasteiger partial charge in [0.25, 0.3) is 5.91 Å². The quantitative estimate of drug-likeness (QED) is 0.291. The number of carboxylic acids is 1. The molecule has 0 radical (unpaired) electrons. The number of rotatable bonds is 9. The Bertz CT molecular complexity index is 1330. The van der Waals surface area contributed by atoms with Crippen LogP contribution in [0.1, 0.15) is 21.5 Å². The molecule has 8 nitrogen and oxygen atoms in total. The summed E-state index contributed by atoms with van der Waals surface area (Å²) < 4.78 is 11.3. The molecule has 4 aromatic rings. The van der Waals surface area contributed by atoms with E-state index in [0.29, 0.717) is 17.0 Å². The molecule has 170 valence electrons. The number of pyridine rings is 1. The molecule has 0 saturated heterocycles. The van der Waals surface area contributed by atoms with E-state index in [1.165, 1.54) is 12.3 Å². The van der Waals surface area contributed by atoms with Crippen LogP contribution in [0.5, 0.6) is 11.5 Å². The number of carbonyl (C=O) groups excluding carboxylic acids is 1. The number of fused-ring (bicyclic) bond motifs is 1. The van der Waals surface area contributed by atoms with Crippen molar-refractivity contribution in [2.75, 3.05) is 6.61 Å². The number of para-hydroxylation sites is 1. The smallest absolute Gasteiger partial charge is 0.335 e. The van der Waals surface area contributed by atoms with Gasteiger partial charge in [-0.1, -0.05) is 30.3 Å². The number of benzene rings is 3. The van der Waals surface area contributed by atoms with Crippen LogP contribution in [0, 0.1) is 0 Å². The number of amides is 1. The van der Waals surface area contributed by atoms with Crippen molar-refractivity contribution in [3.63, 3.8) is 0 Å². The van der Waals surface area contributed by atoms with Crippen LogP contribution in [-0.4, -0.2) is 34.8 Å². The van der Waals surface area contributed by atoms with Crippen molar-refractivity contribution >= 4 is 29.0 Å². The molecule has 1 heterocycles. The first-order valence-electron chi connectivity index (χ1n) is 10.4. The third kappa shape index (κ3) is 5.95. The largest absolute Gasteiger partial charge is 0.489 e. The Kier molecular flexibility index (Phi) is 7.09. The fraction of sp³-hybridized carbons (Fsp3) is 0.0769. The molecule has 2 N–H and O–H groups in total. The van der Waals surface area contributed by atoms with Crippen LogP contribution < -0.4 is 14.9 Å². The van der Waals surface area contributed by atoms with E-state index in [2.05, 4.69) is 15.5 Å². The molecule has 1 aromatic heterocycles. The molecule has 4 rings (SSSR count). The maximum atomic E-state index is 12.1. The van der Waals surface area contributed by atoms with Crippen molar-refractivity contribution in [3.05, 3.63) is 102 Å². The minimum atomic E-state index is -0.977. The van der Waals surface area contributed by atoms with Crippen LogP contribution in [-0.2, 0) is 11.4 Å². The first-order valence-corrected chi connectivity index (χ1v) is 10.4. The van der Waals surface area contributed by atoms with Crippen molar-refractivity contribution in [1.82, 2.24) is 10.4 Å². The highest BCUT2D eigenvalue weighted by Gasteiger charge is 2.06. The number of aromatic carboxylic acids is 1. The monoisotopic (exact) mass is 455 g/mol. The van der Waals surface area contributed by atoms with Crippen molar-refractivity contribution < 1.29 is 24.2 Å². The number of nitrogens with one attached hydrogen (secondary N) is 1. The SMILES string of the molecule is O=C(COc1cccc2cccnc12)N/N=C/c1ccc(OCc2cccc(C(=O)O)c2)cc1. The number of hydrazone groups is 1. The second-order valence-electron chi connectivity index (χ2n) is 7.28. The van der Waals surface area contributed by atoms with Gasteiger partial charge in [0.2, 0.25) is 0 Å². The molecular formula is C26H21N3O5. The van der Waals surface area contributed by atoms with Crippen LogP contribution in [0.3, 0.4) is 0 Å². The van der Waals surface area contributed by atoms with Gasteiger partial charge in [0.15, 0.2) is 6.61 Å². The molecule has 34 heavy (non-hydrogen) atoms. The predicted molar refractivity (Wildman–Crippen MR) is 127 cm³/mol. The maximum absolute atomic E-state index is 12.1. The van der Waals surface area contributed by atoms with E-state index in [9.17, 15) is 9.59 Å². The second kappa shape index (κ2) is 10.7. The van der Waals surface area contributed by atoms with Gasteiger partial charge in [0.1, 0.15) is 23.6 Å². The highest BCUT2D eigenvalue weighted by Crippen LogP contribution is 2.22. The van der Waals surface area contributed by atoms with Crippen LogP contribution in [0.2, 0.25) is 0 Å². The first-order chi connectivity index (χ1) is 16.6. The zero-order valence-electron chi connectivity index (χ0n) is 18.0. The Morgan fingerprint density at radius 2 is 1.76 bits per heavy atom. The van der Waals surface area contributed by atoms with Crippen molar-refractivity contribution in [2.24, 2.45) is 5.10 Å². The lowest BCUT2D eigenvalue weighted by Gasteiger charge is -2.08. The van der Waals surface area contributed by atoms with E-state index in [1.54, 1.807) is 54.7 Å². The van der Waals surface area contributed by atoms with Crippen LogP contribution in [0.25, 0.3) is 10.9 Å². The van der Waals surface area contributed by atoms with E-state index in [4.69, 9.17) is 14.6 Å². The minimum absolute atomic E-state index is 0.192. The van der Waals surface area contributed by atoms with Gasteiger partial charge in [-0.3, -0.25) is 9.78 Å². The number of ether oxygens (including phenoxy) is 2. The molecule has 0 bridgehead atoms. The Morgan fingerprint density at radius 1 is 0.971 bits per heavy atom. The topological polar surface area (TPSA) is 110 Å². The molecule has 0 saturated carbocycles. The van der Waals surface area contributed by atoms with Crippen molar-refractivity contribution in [1.29, 1.82) is 0 Å². The predicted octanol–water partition coefficient (Wildman–Crippen LogP) is 4.04. The van der Waals surface area contributed by atoms with Gasteiger partial charge in [-0.05, 0) is 59.7 Å². The summed E-state index contributed by atoms with van der Waals surface area (Å²) in [6, 6.07) is 23.0. The molecule has 1 amide bonds. The molecule has 0 aliphatic carbocycles. The first kappa shape index (κ1) is 22.5. The van der Waals surface area contributed by atoms with Gasteiger partial charge in [0.05, 0.1) is 11.8 Å². The fourth-order valence-corrected chi connectivity index (χ4v) is 3.16. The van der Waals surface area contributed by atoms with E-state index in [1.807, 2.05) is 24.3 Å². The van der Waals surface area contributed by atoms with Gasteiger partial charge < -0.3 is 14.6 Å². The zero-order valence-corrected chi connectivity index (χ0v) is 18.0. The number of aromatic nitrogens is 1. The lowest BCUT2D eigenvalue weighted by molar-refractivity contribution is -0.123. The summed E-state index contributed by atoms with van der Waals surface area (Å²) in [5, 5.41) is 13.9. The van der Waals surface area contributed by atoms with Gasteiger partial charge in [-0.15, -0.1) is 0 Å². The normalized spacial score (nSPS) is 10.8. The van der Waals surface area contributed by atoms with Gasteiger partial charge >= 0.3 is 5.97 Å². The number of carbonyl (C=O) groups is 2. The molecule has 0 unspecified atom stereocenters. The standard InChI is InChI=1S/C26H21N3O5/c30-24(17-34-23-8-2-5-20-7-3-13-27-25(20)23)29-28-15-18-9-11-22(12-10-18)33-16-19-4-1-6-21(14-19)26(31)32/h1-15H,16-17H2,(H,29,30)(H,31,32)/b28-15+. The van der Waals surface area contributed by atoms with E-state index < -0.39 is 11.9 Å². The van der Waals surface area contributed by atoms with E-state index in [0.717, 1.165) is 16.5 Å². The average Bonchev–Trinajstić information content (AvgIpc) is 2.87. The summed E-state index contributed by atoms with van der Waals surface area (Å²) in [5.74, 6) is -0.219. The fourth-order valence-electron chi connectivity index (χ4n) is 3.16. The highest BCUT2D eigenvalue weighted by atomic mass is 16.5. The van der Waals surface area contributed by atoms with Crippen molar-refractivity contribution in [2.45, 2.75) is 6.61 Å². The summed E-state index contributed by atoms with van der Waals surface area (Å²) in [6.45, 7) is 0.0553. The van der Waals surface area contributed by atoms with Crippen LogP contribution in [0.15, 0.2) is 90.2 Å². The summed E-state index contributed by atoms with van der Waals surface area (Å²) in [6.07, 6.45) is 3.18. The van der Waals surface area contributed by atoms with E-state index in [-0.39, 0.29) is 18.8 Å². The van der Waals surface area contributed by atoms with E-state index >= 15 is 0 Å². The molecule has 8 heteroatoms. The number of carboxylic acid groups (broad SMARTS) is 1. The summed E-state index contributed by atoms with van der Waals surface area (Å²) in [5.41, 5.74) is 4.86.